The average Bonchev–Trinajstić information content (AvgIpc) is 3.32. The van der Waals surface area contributed by atoms with Crippen LogP contribution in [0.15, 0.2) is 108 Å². The highest BCUT2D eigenvalue weighted by atomic mass is 19.4. The number of halogens is 3. The molecule has 0 N–H and O–H groups in total. The molecule has 0 radical (unpaired) electrons. The topological polar surface area (TPSA) is 55.7 Å². The molecule has 238 valence electrons. The Balaban J connectivity index is 1.54. The Hall–Kier alpha value is -5.04. The van der Waals surface area contributed by atoms with Crippen molar-refractivity contribution in [1.29, 1.82) is 0 Å². The van der Waals surface area contributed by atoms with Crippen molar-refractivity contribution < 1.29 is 27.6 Å². The zero-order valence-electron chi connectivity index (χ0n) is 26.4. The Kier molecular flexibility index (Phi) is 8.58. The van der Waals surface area contributed by atoms with Gasteiger partial charge in [-0.15, -0.1) is 0 Å². The van der Waals surface area contributed by atoms with E-state index >= 15 is 0 Å². The van der Waals surface area contributed by atoms with E-state index in [0.29, 0.717) is 35.2 Å². The number of rotatable bonds is 9. The lowest BCUT2D eigenvalue weighted by molar-refractivity contribution is -0.141. The van der Waals surface area contributed by atoms with E-state index in [4.69, 9.17) is 4.84 Å². The van der Waals surface area contributed by atoms with Gasteiger partial charge < -0.3 is 4.84 Å². The molecular formula is C40H34F3NO3. The van der Waals surface area contributed by atoms with Gasteiger partial charge in [0, 0.05) is 41.0 Å². The average molecular weight is 634 g/mol. The number of benzene rings is 5. The van der Waals surface area contributed by atoms with E-state index in [2.05, 4.69) is 5.16 Å². The van der Waals surface area contributed by atoms with Crippen molar-refractivity contribution in [2.24, 2.45) is 5.16 Å². The van der Waals surface area contributed by atoms with Crippen LogP contribution in [0.25, 0.3) is 21.9 Å². The SMILES string of the molecule is CCCC1(CCC(F)(F)F)c2cc(C(=O)c3cccc4ccccc34)ccc2-c2ccc(/C(=N/OC(C)=O)c3ccccc3C)cc21. The molecule has 5 aromatic rings. The number of hydrogen-bond acceptors (Lipinski definition) is 4. The van der Waals surface area contributed by atoms with Gasteiger partial charge in [-0.05, 0) is 70.5 Å². The van der Waals surface area contributed by atoms with E-state index in [0.717, 1.165) is 44.2 Å². The molecule has 0 amide bonds. The summed E-state index contributed by atoms with van der Waals surface area (Å²) >= 11 is 0. The first-order chi connectivity index (χ1) is 22.5. The highest BCUT2D eigenvalue weighted by Crippen LogP contribution is 2.55. The minimum absolute atomic E-state index is 0.180. The molecule has 7 heteroatoms. The van der Waals surface area contributed by atoms with Crippen molar-refractivity contribution in [2.75, 3.05) is 0 Å². The zero-order valence-corrected chi connectivity index (χ0v) is 26.4. The summed E-state index contributed by atoms with van der Waals surface area (Å²) in [6.45, 7) is 5.14. The van der Waals surface area contributed by atoms with Crippen molar-refractivity contribution in [1.82, 2.24) is 0 Å². The normalized spacial score (nSPS) is 15.7. The molecule has 5 aromatic carbocycles. The Morgan fingerprint density at radius 2 is 1.38 bits per heavy atom. The number of aryl methyl sites for hydroxylation is 1. The monoisotopic (exact) mass is 633 g/mol. The van der Waals surface area contributed by atoms with Gasteiger partial charge in [-0.3, -0.25) is 4.79 Å². The Morgan fingerprint density at radius 3 is 2.06 bits per heavy atom. The number of carbonyl (C=O) groups is 2. The van der Waals surface area contributed by atoms with Crippen LogP contribution in [-0.4, -0.2) is 23.6 Å². The van der Waals surface area contributed by atoms with Crippen molar-refractivity contribution in [3.8, 4) is 11.1 Å². The van der Waals surface area contributed by atoms with Crippen LogP contribution in [0.3, 0.4) is 0 Å². The van der Waals surface area contributed by atoms with Gasteiger partial charge >= 0.3 is 12.1 Å². The fraction of sp³-hybridized carbons (Fsp3) is 0.225. The molecule has 0 aliphatic heterocycles. The van der Waals surface area contributed by atoms with Gasteiger partial charge in [-0.1, -0.05) is 109 Å². The predicted molar refractivity (Wildman–Crippen MR) is 179 cm³/mol. The van der Waals surface area contributed by atoms with Gasteiger partial charge in [0.2, 0.25) is 0 Å². The second kappa shape index (κ2) is 12.6. The molecule has 0 spiro atoms. The molecule has 1 atom stereocenters. The fourth-order valence-corrected chi connectivity index (χ4v) is 7.01. The summed E-state index contributed by atoms with van der Waals surface area (Å²) in [4.78, 5) is 31.0. The summed E-state index contributed by atoms with van der Waals surface area (Å²) in [5.74, 6) is -0.767. The Bertz CT molecular complexity index is 2040. The minimum atomic E-state index is -4.37. The van der Waals surface area contributed by atoms with Gasteiger partial charge in [0.1, 0.15) is 5.71 Å². The second-order valence-corrected chi connectivity index (χ2v) is 12.2. The molecule has 0 heterocycles. The lowest BCUT2D eigenvalue weighted by Crippen LogP contribution is -2.28. The number of fused-ring (bicyclic) bond motifs is 4. The highest BCUT2D eigenvalue weighted by molar-refractivity contribution is 6.17. The molecule has 6 rings (SSSR count). The molecule has 4 nitrogen and oxygen atoms in total. The first-order valence-corrected chi connectivity index (χ1v) is 15.7. The van der Waals surface area contributed by atoms with Crippen LogP contribution in [0.1, 0.15) is 83.3 Å². The molecule has 0 aromatic heterocycles. The van der Waals surface area contributed by atoms with Crippen LogP contribution >= 0.6 is 0 Å². The molecule has 0 fully saturated rings. The molecule has 0 saturated carbocycles. The third kappa shape index (κ3) is 6.10. The quantitative estimate of drug-likeness (QED) is 0.0703. The maximum absolute atomic E-state index is 14.0. The van der Waals surface area contributed by atoms with Gasteiger partial charge in [0.05, 0.1) is 0 Å². The first kappa shape index (κ1) is 31.9. The summed E-state index contributed by atoms with van der Waals surface area (Å²) in [6.07, 6.45) is -4.47. The molecule has 1 aliphatic rings. The van der Waals surface area contributed by atoms with Gasteiger partial charge in [0.25, 0.3) is 0 Å². The van der Waals surface area contributed by atoms with Crippen LogP contribution in [0.5, 0.6) is 0 Å². The second-order valence-electron chi connectivity index (χ2n) is 12.2. The zero-order chi connectivity index (χ0) is 33.3. The summed E-state index contributed by atoms with van der Waals surface area (Å²) in [7, 11) is 0. The van der Waals surface area contributed by atoms with Gasteiger partial charge in [-0.2, -0.15) is 13.2 Å². The standard InChI is InChI=1S/C40H34F3NO3/c1-4-20-39(21-22-40(41,42)43)35-23-28(37(44-47-26(3)45)30-13-7-5-10-25(30)2)16-18-32(35)33-19-17-29(24-36(33)39)38(46)34-15-9-12-27-11-6-8-14-31(27)34/h5-19,23-24H,4,20-22H2,1-3H3/b44-37-. The van der Waals surface area contributed by atoms with Gasteiger partial charge in [0.15, 0.2) is 5.78 Å². The van der Waals surface area contributed by atoms with Crippen molar-refractivity contribution in [3.05, 3.63) is 142 Å². The third-order valence-electron chi connectivity index (χ3n) is 9.11. The number of ketones is 1. The molecule has 47 heavy (non-hydrogen) atoms. The number of alkyl halides is 3. The van der Waals surface area contributed by atoms with Crippen molar-refractivity contribution in [3.63, 3.8) is 0 Å². The Labute approximate surface area is 271 Å². The lowest BCUT2D eigenvalue weighted by Gasteiger charge is -2.33. The lowest BCUT2D eigenvalue weighted by atomic mass is 9.70. The molecule has 0 bridgehead atoms. The van der Waals surface area contributed by atoms with E-state index in [-0.39, 0.29) is 12.2 Å². The largest absolute Gasteiger partial charge is 0.389 e. The summed E-state index contributed by atoms with van der Waals surface area (Å²) < 4.78 is 41.9. The van der Waals surface area contributed by atoms with E-state index < -0.39 is 24.0 Å². The van der Waals surface area contributed by atoms with Crippen LogP contribution in [-0.2, 0) is 15.0 Å². The van der Waals surface area contributed by atoms with E-state index in [9.17, 15) is 22.8 Å². The van der Waals surface area contributed by atoms with Crippen LogP contribution in [0, 0.1) is 6.92 Å². The number of nitrogens with zero attached hydrogens (tertiary/aromatic N) is 1. The number of oxime groups is 1. The van der Waals surface area contributed by atoms with Crippen LogP contribution in [0.2, 0.25) is 0 Å². The van der Waals surface area contributed by atoms with Gasteiger partial charge in [-0.25, -0.2) is 4.79 Å². The molecule has 1 aliphatic carbocycles. The third-order valence-corrected chi connectivity index (χ3v) is 9.11. The van der Waals surface area contributed by atoms with E-state index in [1.54, 1.807) is 18.2 Å². The van der Waals surface area contributed by atoms with Crippen LogP contribution in [0.4, 0.5) is 13.2 Å². The van der Waals surface area contributed by atoms with E-state index in [1.807, 2.05) is 98.8 Å². The number of hydrogen-bond donors (Lipinski definition) is 0. The fourth-order valence-electron chi connectivity index (χ4n) is 7.01. The summed E-state index contributed by atoms with van der Waals surface area (Å²) in [5, 5.41) is 5.97. The first-order valence-electron chi connectivity index (χ1n) is 15.7. The predicted octanol–water partition coefficient (Wildman–Crippen LogP) is 10.1. The maximum atomic E-state index is 14.0. The van der Waals surface area contributed by atoms with E-state index in [1.165, 1.54) is 6.92 Å². The van der Waals surface area contributed by atoms with Crippen LogP contribution < -0.4 is 0 Å². The molecular weight excluding hydrogens is 599 g/mol. The van der Waals surface area contributed by atoms with Crippen molar-refractivity contribution in [2.45, 2.75) is 58.0 Å². The molecule has 0 saturated heterocycles. The smallest absolute Gasteiger partial charge is 0.318 e. The Morgan fingerprint density at radius 1 is 0.766 bits per heavy atom. The number of carbonyl (C=O) groups excluding carboxylic acids is 2. The summed E-state index contributed by atoms with van der Waals surface area (Å²) in [5.41, 5.74) is 5.71. The molecule has 1 unspecified atom stereocenters. The minimum Gasteiger partial charge on any atom is -0.318 e. The van der Waals surface area contributed by atoms with Crippen molar-refractivity contribution >= 4 is 28.2 Å². The maximum Gasteiger partial charge on any atom is 0.389 e. The summed E-state index contributed by atoms with van der Waals surface area (Å²) in [6, 6.07) is 31.9. The highest BCUT2D eigenvalue weighted by Gasteiger charge is 2.45.